The van der Waals surface area contributed by atoms with Crippen LogP contribution >= 0.6 is 0 Å². The van der Waals surface area contributed by atoms with E-state index in [0.717, 1.165) is 36.4 Å². The number of ether oxygens (including phenoxy) is 2. The number of hydrogen-bond acceptors (Lipinski definition) is 10. The Morgan fingerprint density at radius 1 is 0.643 bits per heavy atom. The highest BCUT2D eigenvalue weighted by Crippen LogP contribution is 2.44. The first kappa shape index (κ1) is 42.9. The third-order valence-electron chi connectivity index (χ3n) is 10.7. The van der Waals surface area contributed by atoms with E-state index < -0.39 is 110 Å². The Balaban J connectivity index is 0.000000214. The number of sulfone groups is 2. The van der Waals surface area contributed by atoms with E-state index in [1.165, 1.54) is 26.4 Å². The fourth-order valence-electron chi connectivity index (χ4n) is 7.18. The van der Waals surface area contributed by atoms with Gasteiger partial charge in [-0.15, -0.1) is 0 Å². The summed E-state index contributed by atoms with van der Waals surface area (Å²) in [7, 11) is -6.04. The van der Waals surface area contributed by atoms with Crippen LogP contribution in [-0.4, -0.2) is 76.7 Å². The number of hydrogen-bond donors (Lipinski definition) is 2. The predicted octanol–water partition coefficient (Wildman–Crippen LogP) is 4.89. The Morgan fingerprint density at radius 2 is 0.964 bits per heavy atom. The van der Waals surface area contributed by atoms with E-state index in [1.807, 2.05) is 12.1 Å². The van der Waals surface area contributed by atoms with Gasteiger partial charge >= 0.3 is 12.4 Å². The number of nitriles is 2. The van der Waals surface area contributed by atoms with E-state index in [-0.39, 0.29) is 25.7 Å². The summed E-state index contributed by atoms with van der Waals surface area (Å²) in [6.45, 7) is 0. The van der Waals surface area contributed by atoms with E-state index in [9.17, 15) is 52.8 Å². The lowest BCUT2D eigenvalue weighted by Crippen LogP contribution is -2.42. The van der Waals surface area contributed by atoms with Crippen LogP contribution in [0.2, 0.25) is 0 Å². The fraction of sp³-hybridized carbons (Fsp3) is 0.556. The fourth-order valence-corrected chi connectivity index (χ4v) is 11.2. The predicted molar refractivity (Wildman–Crippen MR) is 183 cm³/mol. The number of carbonyl (C=O) groups is 2. The highest BCUT2D eigenvalue weighted by atomic mass is 32.2. The Kier molecular flexibility index (Phi) is 11.9. The molecule has 4 fully saturated rings. The zero-order valence-corrected chi connectivity index (χ0v) is 31.6. The molecule has 0 heterocycles. The van der Waals surface area contributed by atoms with Crippen LogP contribution in [0, 0.1) is 34.5 Å². The molecular formula is C36H38F6N4O8S2. The van der Waals surface area contributed by atoms with Crippen molar-refractivity contribution in [1.82, 2.24) is 10.6 Å². The van der Waals surface area contributed by atoms with Crippen molar-refractivity contribution in [3.8, 4) is 12.1 Å². The normalized spacial score (nSPS) is 26.5. The number of amides is 2. The molecule has 56 heavy (non-hydrogen) atoms. The van der Waals surface area contributed by atoms with Crippen molar-refractivity contribution in [2.24, 2.45) is 11.8 Å². The number of alkyl halides is 6. The van der Waals surface area contributed by atoms with E-state index in [0.29, 0.717) is 25.7 Å². The van der Waals surface area contributed by atoms with Crippen molar-refractivity contribution in [3.63, 3.8) is 0 Å². The molecule has 6 rings (SSSR count). The lowest BCUT2D eigenvalue weighted by molar-refractivity contribution is -0.140. The standard InChI is InChI=1S/2C18H19F3N2O4S/c2*1-27-14-9-11(8-12(14)16(24)23-17(10-22)6-7-17)28(25,26)15-5-3-2-4-13(15)18(19,20)21/h2*2-5,11-12,14H,6-9H2,1H3,(H,23,24)/t2*11-,12-,14-/m10/s1. The Labute approximate surface area is 319 Å². The average molecular weight is 833 g/mol. The number of carbonyl (C=O) groups excluding carboxylic acids is 2. The highest BCUT2D eigenvalue weighted by Gasteiger charge is 2.53. The molecule has 0 bridgehead atoms. The maximum Gasteiger partial charge on any atom is 0.417 e. The Hall–Kier alpha value is -4.24. The summed E-state index contributed by atoms with van der Waals surface area (Å²) in [5, 5.41) is 21.1. The minimum atomic E-state index is -4.81. The maximum atomic E-state index is 13.3. The monoisotopic (exact) mass is 832 g/mol. The van der Waals surface area contributed by atoms with Gasteiger partial charge in [0.15, 0.2) is 19.7 Å². The molecule has 2 aromatic rings. The van der Waals surface area contributed by atoms with E-state index in [4.69, 9.17) is 20.0 Å². The van der Waals surface area contributed by atoms with Gasteiger partial charge in [0.1, 0.15) is 11.1 Å². The summed E-state index contributed by atoms with van der Waals surface area (Å²) in [6.07, 6.45) is -9.61. The van der Waals surface area contributed by atoms with Gasteiger partial charge in [0.2, 0.25) is 11.8 Å². The Bertz CT molecular complexity index is 1990. The topological polar surface area (TPSA) is 193 Å². The molecule has 4 saturated carbocycles. The van der Waals surface area contributed by atoms with Crippen LogP contribution in [0.4, 0.5) is 26.3 Å². The lowest BCUT2D eigenvalue weighted by Gasteiger charge is -2.19. The van der Waals surface area contributed by atoms with Gasteiger partial charge in [0, 0.05) is 14.2 Å². The number of methoxy groups -OCH3 is 2. The van der Waals surface area contributed by atoms with Gasteiger partial charge in [-0.1, -0.05) is 24.3 Å². The molecule has 6 atom stereocenters. The summed E-state index contributed by atoms with van der Waals surface area (Å²) < 4.78 is 142. The van der Waals surface area contributed by atoms with Crippen molar-refractivity contribution in [2.75, 3.05) is 14.2 Å². The van der Waals surface area contributed by atoms with E-state index in [1.54, 1.807) is 0 Å². The molecule has 12 nitrogen and oxygen atoms in total. The van der Waals surface area contributed by atoms with E-state index in [2.05, 4.69) is 10.6 Å². The van der Waals surface area contributed by atoms with Crippen LogP contribution in [-0.2, 0) is 51.1 Å². The smallest absolute Gasteiger partial charge is 0.381 e. The summed E-state index contributed by atoms with van der Waals surface area (Å²) in [6, 6.07) is 12.1. The molecule has 2 aromatic carbocycles. The molecule has 2 N–H and O–H groups in total. The quantitative estimate of drug-likeness (QED) is 0.312. The lowest BCUT2D eigenvalue weighted by atomic mass is 10.0. The zero-order chi connectivity index (χ0) is 41.5. The molecule has 4 aliphatic carbocycles. The van der Waals surface area contributed by atoms with Crippen LogP contribution in [0.1, 0.15) is 62.5 Å². The Morgan fingerprint density at radius 3 is 1.23 bits per heavy atom. The zero-order valence-electron chi connectivity index (χ0n) is 30.0. The summed E-state index contributed by atoms with van der Waals surface area (Å²) in [4.78, 5) is 23.5. The summed E-state index contributed by atoms with van der Waals surface area (Å²) in [5.74, 6) is -2.72. The SMILES string of the molecule is CO[C@@H]1C[C@H](S(=O)(=O)c2ccccc2C(F)(F)F)C[C@H]1C(=O)NC1(C#N)CC1.CO[C@H]1C[C@@H](S(=O)(=O)c2ccccc2C(F)(F)F)C[C@@H]1C(=O)NC1(C#N)CC1. The maximum absolute atomic E-state index is 13.3. The summed E-state index contributed by atoms with van der Waals surface area (Å²) >= 11 is 0. The first-order valence-electron chi connectivity index (χ1n) is 17.4. The van der Waals surface area contributed by atoms with Crippen molar-refractivity contribution in [1.29, 1.82) is 10.5 Å². The molecule has 20 heteroatoms. The molecule has 0 aromatic heterocycles. The van der Waals surface area contributed by atoms with Gasteiger partial charge in [0.25, 0.3) is 0 Å². The van der Waals surface area contributed by atoms with Gasteiger partial charge in [0.05, 0.1) is 67.6 Å². The molecule has 0 aliphatic heterocycles. The van der Waals surface area contributed by atoms with Gasteiger partial charge in [-0.25, -0.2) is 16.8 Å². The van der Waals surface area contributed by atoms with Crippen LogP contribution in [0.25, 0.3) is 0 Å². The molecule has 0 unspecified atom stereocenters. The number of halogens is 6. The van der Waals surface area contributed by atoms with Crippen LogP contribution in [0.5, 0.6) is 0 Å². The third-order valence-corrected chi connectivity index (χ3v) is 15.2. The minimum Gasteiger partial charge on any atom is -0.381 e. The van der Waals surface area contributed by atoms with Gasteiger partial charge in [-0.3, -0.25) is 9.59 Å². The average Bonchev–Trinajstić information content (AvgIpc) is 4.00. The van der Waals surface area contributed by atoms with Crippen LogP contribution in [0.15, 0.2) is 58.3 Å². The van der Waals surface area contributed by atoms with Crippen molar-refractivity contribution in [2.45, 2.75) is 107 Å². The summed E-state index contributed by atoms with van der Waals surface area (Å²) in [5.41, 5.74) is -4.29. The van der Waals surface area contributed by atoms with Gasteiger partial charge < -0.3 is 20.1 Å². The number of rotatable bonds is 10. The van der Waals surface area contributed by atoms with Crippen molar-refractivity contribution < 1.29 is 62.2 Å². The molecule has 0 spiro atoms. The third kappa shape index (κ3) is 8.83. The first-order chi connectivity index (χ1) is 26.1. The molecule has 0 saturated heterocycles. The first-order valence-corrected chi connectivity index (χ1v) is 20.5. The second-order valence-electron chi connectivity index (χ2n) is 14.4. The second kappa shape index (κ2) is 15.6. The molecule has 4 aliphatic rings. The van der Waals surface area contributed by atoms with Crippen molar-refractivity contribution in [3.05, 3.63) is 59.7 Å². The minimum absolute atomic E-state index is 0.0946. The molecule has 2 amide bonds. The van der Waals surface area contributed by atoms with Crippen molar-refractivity contribution >= 4 is 31.5 Å². The number of benzene rings is 2. The van der Waals surface area contributed by atoms with Crippen LogP contribution in [0.3, 0.4) is 0 Å². The van der Waals surface area contributed by atoms with Gasteiger partial charge in [-0.2, -0.15) is 36.9 Å². The number of nitrogens with zero attached hydrogens (tertiary/aromatic N) is 2. The highest BCUT2D eigenvalue weighted by molar-refractivity contribution is 7.92. The molecule has 304 valence electrons. The number of nitrogens with one attached hydrogen (secondary N) is 2. The molecular weight excluding hydrogens is 795 g/mol. The van der Waals surface area contributed by atoms with Crippen LogP contribution < -0.4 is 10.6 Å². The molecule has 0 radical (unpaired) electrons. The second-order valence-corrected chi connectivity index (χ2v) is 18.8. The van der Waals surface area contributed by atoms with Gasteiger partial charge in [-0.05, 0) is 75.6 Å². The largest absolute Gasteiger partial charge is 0.417 e. The van der Waals surface area contributed by atoms with E-state index >= 15 is 0 Å².